The van der Waals surface area contributed by atoms with Crippen LogP contribution in [0.5, 0.6) is 0 Å². The van der Waals surface area contributed by atoms with Crippen LogP contribution in [0.4, 0.5) is 0 Å². The molecular formula is C20H22ClN3OS2. The molecule has 1 fully saturated rings. The molecule has 0 spiro atoms. The predicted molar refractivity (Wildman–Crippen MR) is 114 cm³/mol. The molecule has 142 valence electrons. The van der Waals surface area contributed by atoms with Crippen molar-refractivity contribution >= 4 is 44.9 Å². The Balaban J connectivity index is 1.63. The molecule has 0 aliphatic carbocycles. The molecule has 4 nitrogen and oxygen atoms in total. The molecule has 3 aromatic rings. The molecule has 0 radical (unpaired) electrons. The lowest BCUT2D eigenvalue weighted by atomic mass is 10.2. The second-order valence-corrected chi connectivity index (χ2v) is 9.32. The molecule has 0 unspecified atom stereocenters. The van der Waals surface area contributed by atoms with Crippen LogP contribution >= 0.6 is 34.7 Å². The van der Waals surface area contributed by atoms with Gasteiger partial charge in [-0.15, -0.1) is 23.1 Å². The van der Waals surface area contributed by atoms with Crippen LogP contribution in [0.25, 0.3) is 10.2 Å². The van der Waals surface area contributed by atoms with Crippen molar-refractivity contribution in [3.8, 4) is 0 Å². The first kappa shape index (κ1) is 19.2. The summed E-state index contributed by atoms with van der Waals surface area (Å²) >= 11 is 9.67. The van der Waals surface area contributed by atoms with Crippen molar-refractivity contribution in [1.82, 2.24) is 14.9 Å². The Morgan fingerprint density at radius 1 is 1.22 bits per heavy atom. The topological polar surface area (TPSA) is 38.2 Å². The normalized spacial score (nSPS) is 15.5. The van der Waals surface area contributed by atoms with Gasteiger partial charge in [0.25, 0.3) is 0 Å². The summed E-state index contributed by atoms with van der Waals surface area (Å²) in [7, 11) is 0. The Kier molecular flexibility index (Phi) is 5.99. The van der Waals surface area contributed by atoms with E-state index in [0.717, 1.165) is 59.3 Å². The molecule has 4 rings (SSSR count). The Morgan fingerprint density at radius 2 is 2.04 bits per heavy atom. The molecule has 3 heterocycles. The lowest BCUT2D eigenvalue weighted by Gasteiger charge is -2.25. The summed E-state index contributed by atoms with van der Waals surface area (Å²) in [4.78, 5) is 14.6. The van der Waals surface area contributed by atoms with Crippen molar-refractivity contribution in [2.45, 2.75) is 31.2 Å². The van der Waals surface area contributed by atoms with E-state index in [9.17, 15) is 0 Å². The van der Waals surface area contributed by atoms with Crippen LogP contribution in [0, 0.1) is 13.8 Å². The van der Waals surface area contributed by atoms with E-state index >= 15 is 0 Å². The summed E-state index contributed by atoms with van der Waals surface area (Å²) < 4.78 is 5.45. The van der Waals surface area contributed by atoms with Gasteiger partial charge in [0.05, 0.1) is 19.8 Å². The van der Waals surface area contributed by atoms with Crippen molar-refractivity contribution in [2.24, 2.45) is 0 Å². The van der Waals surface area contributed by atoms with Gasteiger partial charge in [0, 0.05) is 34.1 Å². The fourth-order valence-corrected chi connectivity index (χ4v) is 5.54. The molecule has 0 amide bonds. The van der Waals surface area contributed by atoms with Crippen LogP contribution in [0.15, 0.2) is 29.3 Å². The average molecular weight is 420 g/mol. The van der Waals surface area contributed by atoms with E-state index in [1.54, 1.807) is 23.1 Å². The Labute approximate surface area is 172 Å². The summed E-state index contributed by atoms with van der Waals surface area (Å²) in [5, 5.41) is 3.05. The van der Waals surface area contributed by atoms with Crippen LogP contribution in [-0.4, -0.2) is 41.2 Å². The third-order valence-corrected chi connectivity index (χ3v) is 7.16. The maximum Gasteiger partial charge on any atom is 0.145 e. The van der Waals surface area contributed by atoms with Crippen molar-refractivity contribution in [1.29, 1.82) is 0 Å². The van der Waals surface area contributed by atoms with Gasteiger partial charge in [-0.2, -0.15) is 0 Å². The molecule has 0 atom stereocenters. The van der Waals surface area contributed by atoms with Crippen LogP contribution in [0.2, 0.25) is 5.02 Å². The fourth-order valence-electron chi connectivity index (χ4n) is 3.17. The second-order valence-electron chi connectivity index (χ2n) is 6.72. The van der Waals surface area contributed by atoms with Gasteiger partial charge in [0.1, 0.15) is 15.7 Å². The number of aryl methyl sites for hydroxylation is 2. The van der Waals surface area contributed by atoms with Crippen molar-refractivity contribution in [3.05, 3.63) is 51.1 Å². The molecule has 1 saturated heterocycles. The van der Waals surface area contributed by atoms with Crippen molar-refractivity contribution in [3.63, 3.8) is 0 Å². The number of thioether (sulfide) groups is 1. The van der Waals surface area contributed by atoms with Gasteiger partial charge in [-0.1, -0.05) is 23.7 Å². The molecule has 0 bridgehead atoms. The monoisotopic (exact) mass is 419 g/mol. The van der Waals surface area contributed by atoms with E-state index in [0.29, 0.717) is 0 Å². The number of ether oxygens (including phenoxy) is 1. The number of morpholine rings is 1. The Bertz CT molecular complexity index is 954. The minimum atomic E-state index is 0.775. The minimum Gasteiger partial charge on any atom is -0.379 e. The number of thiophene rings is 1. The zero-order valence-electron chi connectivity index (χ0n) is 15.5. The van der Waals surface area contributed by atoms with Crippen LogP contribution < -0.4 is 0 Å². The maximum atomic E-state index is 6.13. The number of hydrogen-bond acceptors (Lipinski definition) is 6. The van der Waals surface area contributed by atoms with Gasteiger partial charge in [0.15, 0.2) is 0 Å². The van der Waals surface area contributed by atoms with E-state index < -0.39 is 0 Å². The van der Waals surface area contributed by atoms with Crippen LogP contribution in [0.1, 0.15) is 21.8 Å². The quantitative estimate of drug-likeness (QED) is 0.425. The standard InChI is InChI=1S/C20H22ClN3OS2/c1-13-14(2)27-20-18(13)19(26-12-15-4-3-5-16(21)10-15)22-17(23-20)11-24-6-8-25-9-7-24/h3-5,10H,6-9,11-12H2,1-2H3. The molecule has 0 saturated carbocycles. The van der Waals surface area contributed by atoms with Gasteiger partial charge in [-0.05, 0) is 37.1 Å². The number of aromatic nitrogens is 2. The Morgan fingerprint density at radius 3 is 2.81 bits per heavy atom. The largest absolute Gasteiger partial charge is 0.379 e. The summed E-state index contributed by atoms with van der Waals surface area (Å²) in [5.41, 5.74) is 2.50. The first-order valence-electron chi connectivity index (χ1n) is 9.04. The van der Waals surface area contributed by atoms with Crippen molar-refractivity contribution in [2.75, 3.05) is 26.3 Å². The molecular weight excluding hydrogens is 398 g/mol. The minimum absolute atomic E-state index is 0.775. The van der Waals surface area contributed by atoms with E-state index in [4.69, 9.17) is 26.3 Å². The van der Waals surface area contributed by atoms with E-state index in [-0.39, 0.29) is 0 Å². The van der Waals surface area contributed by atoms with Gasteiger partial charge in [-0.3, -0.25) is 4.90 Å². The number of hydrogen-bond donors (Lipinski definition) is 0. The highest BCUT2D eigenvalue weighted by molar-refractivity contribution is 7.98. The molecule has 1 aromatic carbocycles. The second kappa shape index (κ2) is 8.45. The third-order valence-electron chi connectivity index (χ3n) is 4.78. The summed E-state index contributed by atoms with van der Waals surface area (Å²) in [6.45, 7) is 8.56. The summed E-state index contributed by atoms with van der Waals surface area (Å²) in [5.74, 6) is 1.75. The maximum absolute atomic E-state index is 6.13. The van der Waals surface area contributed by atoms with E-state index in [2.05, 4.69) is 24.8 Å². The third kappa shape index (κ3) is 4.46. The Hall–Kier alpha value is -1.18. The van der Waals surface area contributed by atoms with E-state index in [1.165, 1.54) is 21.4 Å². The van der Waals surface area contributed by atoms with Crippen molar-refractivity contribution < 1.29 is 4.74 Å². The van der Waals surface area contributed by atoms with Gasteiger partial charge >= 0.3 is 0 Å². The molecule has 0 N–H and O–H groups in total. The van der Waals surface area contributed by atoms with Gasteiger partial charge < -0.3 is 4.74 Å². The number of rotatable bonds is 5. The molecule has 7 heteroatoms. The lowest BCUT2D eigenvalue weighted by molar-refractivity contribution is 0.0330. The summed E-state index contributed by atoms with van der Waals surface area (Å²) in [6, 6.07) is 8.04. The van der Waals surface area contributed by atoms with Crippen LogP contribution in [-0.2, 0) is 17.0 Å². The molecule has 27 heavy (non-hydrogen) atoms. The highest BCUT2D eigenvalue weighted by Crippen LogP contribution is 2.36. The first-order valence-corrected chi connectivity index (χ1v) is 11.2. The predicted octanol–water partition coefficient (Wildman–Crippen LogP) is 5.09. The number of fused-ring (bicyclic) bond motifs is 1. The molecule has 1 aliphatic heterocycles. The lowest BCUT2D eigenvalue weighted by Crippen LogP contribution is -2.36. The average Bonchev–Trinajstić information content (AvgIpc) is 2.95. The van der Waals surface area contributed by atoms with Crippen LogP contribution in [0.3, 0.4) is 0 Å². The highest BCUT2D eigenvalue weighted by atomic mass is 35.5. The number of nitrogens with zero attached hydrogens (tertiary/aromatic N) is 3. The SMILES string of the molecule is Cc1sc2nc(CN3CCOCC3)nc(SCc3cccc(Cl)c3)c2c1C. The molecule has 2 aromatic heterocycles. The van der Waals surface area contributed by atoms with E-state index in [1.807, 2.05) is 18.2 Å². The van der Waals surface area contributed by atoms with Gasteiger partial charge in [0.2, 0.25) is 0 Å². The first-order chi connectivity index (χ1) is 13.1. The highest BCUT2D eigenvalue weighted by Gasteiger charge is 2.18. The number of halogens is 1. The zero-order valence-corrected chi connectivity index (χ0v) is 17.9. The smallest absolute Gasteiger partial charge is 0.145 e. The number of benzene rings is 1. The summed E-state index contributed by atoms with van der Waals surface area (Å²) in [6.07, 6.45) is 0. The van der Waals surface area contributed by atoms with Gasteiger partial charge in [-0.25, -0.2) is 9.97 Å². The fraction of sp³-hybridized carbons (Fsp3) is 0.400. The molecule has 1 aliphatic rings. The zero-order chi connectivity index (χ0) is 18.8.